The average Bonchev–Trinajstić information content (AvgIpc) is 3.10. The third-order valence-corrected chi connectivity index (χ3v) is 5.35. The summed E-state index contributed by atoms with van der Waals surface area (Å²) in [6.45, 7) is 14.8. The normalized spacial score (nSPS) is 25.3. The fourth-order valence-electron chi connectivity index (χ4n) is 2.69. The Bertz CT molecular complexity index is 250. The Labute approximate surface area is 121 Å². The van der Waals surface area contributed by atoms with Gasteiger partial charge in [-0.15, -0.1) is 0 Å². The molecule has 1 heterocycles. The van der Waals surface area contributed by atoms with E-state index in [9.17, 15) is 0 Å². The van der Waals surface area contributed by atoms with Gasteiger partial charge in [0.05, 0.1) is 0 Å². The zero-order valence-corrected chi connectivity index (χ0v) is 13.9. The zero-order valence-electron chi connectivity index (χ0n) is 12.3. The predicted molar refractivity (Wildman–Crippen MR) is 82.3 cm³/mol. The Morgan fingerprint density at radius 3 is 2.06 bits per heavy atom. The Kier molecular flexibility index (Phi) is 5.13. The molecule has 0 N–H and O–H groups in total. The molecule has 0 aromatic heterocycles. The monoisotopic (exact) mass is 316 g/mol. The zero-order chi connectivity index (χ0) is 13.2. The van der Waals surface area contributed by atoms with Crippen LogP contribution in [0.25, 0.3) is 0 Å². The van der Waals surface area contributed by atoms with Crippen molar-refractivity contribution < 1.29 is 0 Å². The fourth-order valence-corrected chi connectivity index (χ4v) is 3.86. The minimum atomic E-state index is 0.411. The highest BCUT2D eigenvalue weighted by Crippen LogP contribution is 2.31. The summed E-state index contributed by atoms with van der Waals surface area (Å²) in [6, 6.07) is 0. The van der Waals surface area contributed by atoms with E-state index in [2.05, 4.69) is 46.5 Å². The highest BCUT2D eigenvalue weighted by atomic mass is 79.9. The third-order valence-electron chi connectivity index (χ3n) is 4.57. The van der Waals surface area contributed by atoms with Gasteiger partial charge in [0.25, 0.3) is 0 Å². The summed E-state index contributed by atoms with van der Waals surface area (Å²) in [6.07, 6.45) is 2.96. The lowest BCUT2D eigenvalue weighted by Crippen LogP contribution is -2.49. The first-order chi connectivity index (χ1) is 8.49. The van der Waals surface area contributed by atoms with Crippen LogP contribution in [0.2, 0.25) is 0 Å². The van der Waals surface area contributed by atoms with Gasteiger partial charge in [0, 0.05) is 44.6 Å². The van der Waals surface area contributed by atoms with Crippen LogP contribution in [0, 0.1) is 17.3 Å². The minimum Gasteiger partial charge on any atom is -0.301 e. The van der Waals surface area contributed by atoms with Crippen molar-refractivity contribution in [1.29, 1.82) is 0 Å². The molecule has 1 aliphatic carbocycles. The van der Waals surface area contributed by atoms with Crippen molar-refractivity contribution in [3.63, 3.8) is 0 Å². The van der Waals surface area contributed by atoms with Gasteiger partial charge in [-0.05, 0) is 30.1 Å². The number of hydrogen-bond donors (Lipinski definition) is 0. The summed E-state index contributed by atoms with van der Waals surface area (Å²) in [5.41, 5.74) is 0.411. The lowest BCUT2D eigenvalue weighted by Gasteiger charge is -2.39. The summed E-state index contributed by atoms with van der Waals surface area (Å²) in [5, 5.41) is 1.12. The van der Waals surface area contributed by atoms with Crippen LogP contribution in [-0.2, 0) is 0 Å². The molecule has 1 aliphatic heterocycles. The molecule has 0 aromatic carbocycles. The lowest BCUT2D eigenvalue weighted by molar-refractivity contribution is 0.0950. The van der Waals surface area contributed by atoms with E-state index in [4.69, 9.17) is 0 Å². The van der Waals surface area contributed by atoms with E-state index in [1.807, 2.05) is 0 Å². The Balaban J connectivity index is 1.71. The smallest absolute Gasteiger partial charge is 0.0110 e. The lowest BCUT2D eigenvalue weighted by atomic mass is 9.81. The molecule has 2 fully saturated rings. The van der Waals surface area contributed by atoms with Gasteiger partial charge in [0.2, 0.25) is 0 Å². The van der Waals surface area contributed by atoms with Crippen LogP contribution in [-0.4, -0.2) is 54.4 Å². The van der Waals surface area contributed by atoms with E-state index in [-0.39, 0.29) is 0 Å². The summed E-state index contributed by atoms with van der Waals surface area (Å²) in [5.74, 6) is 1.80. The van der Waals surface area contributed by atoms with Crippen molar-refractivity contribution in [1.82, 2.24) is 9.80 Å². The first kappa shape index (κ1) is 14.8. The fraction of sp³-hybridized carbons (Fsp3) is 1.00. The molecule has 0 bridgehead atoms. The van der Waals surface area contributed by atoms with Crippen LogP contribution in [0.4, 0.5) is 0 Å². The van der Waals surface area contributed by atoms with Crippen molar-refractivity contribution in [2.45, 2.75) is 33.6 Å². The van der Waals surface area contributed by atoms with E-state index < -0.39 is 0 Å². The third kappa shape index (κ3) is 4.50. The number of halogens is 1. The summed E-state index contributed by atoms with van der Waals surface area (Å²) < 4.78 is 0. The van der Waals surface area contributed by atoms with Crippen molar-refractivity contribution >= 4 is 15.9 Å². The van der Waals surface area contributed by atoms with Gasteiger partial charge in [0.15, 0.2) is 0 Å². The van der Waals surface area contributed by atoms with Crippen LogP contribution < -0.4 is 0 Å². The van der Waals surface area contributed by atoms with Crippen molar-refractivity contribution in [2.24, 2.45) is 17.3 Å². The van der Waals surface area contributed by atoms with Gasteiger partial charge in [-0.25, -0.2) is 0 Å². The Morgan fingerprint density at radius 2 is 1.61 bits per heavy atom. The van der Waals surface area contributed by atoms with Gasteiger partial charge in [0.1, 0.15) is 0 Å². The van der Waals surface area contributed by atoms with E-state index in [0.717, 1.165) is 17.2 Å². The van der Waals surface area contributed by atoms with E-state index in [1.54, 1.807) is 0 Å². The second-order valence-electron chi connectivity index (χ2n) is 7.26. The molecule has 18 heavy (non-hydrogen) atoms. The molecule has 3 heteroatoms. The molecule has 1 unspecified atom stereocenters. The molecule has 2 nitrogen and oxygen atoms in total. The maximum Gasteiger partial charge on any atom is 0.0110 e. The standard InChI is InChI=1S/C15H29BrN2/c1-15(2,3)14(10-16)12-18-8-6-17(7-9-18)11-13-4-5-13/h13-14H,4-12H2,1-3H3. The Morgan fingerprint density at radius 1 is 1.06 bits per heavy atom. The van der Waals surface area contributed by atoms with E-state index in [1.165, 1.54) is 52.1 Å². The molecule has 0 aromatic rings. The SMILES string of the molecule is CC(C)(C)C(CBr)CN1CCN(CC2CC2)CC1. The van der Waals surface area contributed by atoms with Gasteiger partial charge >= 0.3 is 0 Å². The van der Waals surface area contributed by atoms with E-state index in [0.29, 0.717) is 5.41 Å². The van der Waals surface area contributed by atoms with Crippen molar-refractivity contribution in [3.8, 4) is 0 Å². The molecular weight excluding hydrogens is 288 g/mol. The average molecular weight is 317 g/mol. The van der Waals surface area contributed by atoms with Crippen LogP contribution >= 0.6 is 15.9 Å². The quantitative estimate of drug-likeness (QED) is 0.719. The number of hydrogen-bond acceptors (Lipinski definition) is 2. The second kappa shape index (κ2) is 6.23. The molecule has 0 spiro atoms. The Hall–Kier alpha value is 0.400. The maximum absolute atomic E-state index is 3.69. The first-order valence-electron chi connectivity index (χ1n) is 7.49. The molecule has 2 aliphatic rings. The van der Waals surface area contributed by atoms with Gasteiger partial charge in [-0.2, -0.15) is 0 Å². The van der Waals surface area contributed by atoms with Crippen LogP contribution in [0.3, 0.4) is 0 Å². The minimum absolute atomic E-state index is 0.411. The molecule has 1 saturated heterocycles. The highest BCUT2D eigenvalue weighted by molar-refractivity contribution is 9.09. The highest BCUT2D eigenvalue weighted by Gasteiger charge is 2.29. The molecule has 1 saturated carbocycles. The molecule has 1 atom stereocenters. The molecule has 2 rings (SSSR count). The summed E-state index contributed by atoms with van der Waals surface area (Å²) in [7, 11) is 0. The van der Waals surface area contributed by atoms with Crippen LogP contribution in [0.1, 0.15) is 33.6 Å². The van der Waals surface area contributed by atoms with Crippen molar-refractivity contribution in [2.75, 3.05) is 44.6 Å². The molecular formula is C15H29BrN2. The van der Waals surface area contributed by atoms with Crippen molar-refractivity contribution in [3.05, 3.63) is 0 Å². The van der Waals surface area contributed by atoms with E-state index >= 15 is 0 Å². The topological polar surface area (TPSA) is 6.48 Å². The van der Waals surface area contributed by atoms with Crippen LogP contribution in [0.15, 0.2) is 0 Å². The van der Waals surface area contributed by atoms with Gasteiger partial charge < -0.3 is 9.80 Å². The number of rotatable bonds is 5. The molecule has 106 valence electrons. The largest absolute Gasteiger partial charge is 0.301 e. The second-order valence-corrected chi connectivity index (χ2v) is 7.91. The van der Waals surface area contributed by atoms with Crippen LogP contribution in [0.5, 0.6) is 0 Å². The number of nitrogens with zero attached hydrogens (tertiary/aromatic N) is 2. The number of alkyl halides is 1. The van der Waals surface area contributed by atoms with Gasteiger partial charge in [-0.3, -0.25) is 0 Å². The summed E-state index contributed by atoms with van der Waals surface area (Å²) in [4.78, 5) is 5.34. The first-order valence-corrected chi connectivity index (χ1v) is 8.62. The summed E-state index contributed by atoms with van der Waals surface area (Å²) >= 11 is 3.69. The van der Waals surface area contributed by atoms with Gasteiger partial charge in [-0.1, -0.05) is 36.7 Å². The number of piperazine rings is 1. The molecule has 0 amide bonds. The maximum atomic E-state index is 3.69. The molecule has 0 radical (unpaired) electrons. The predicted octanol–water partition coefficient (Wildman–Crippen LogP) is 3.07.